The first-order valence-corrected chi connectivity index (χ1v) is 7.14. The van der Waals surface area contributed by atoms with Crippen LogP contribution in [0.3, 0.4) is 0 Å². The molecule has 0 heterocycles. The summed E-state index contributed by atoms with van der Waals surface area (Å²) in [6.45, 7) is 2.29. The molecule has 5 heteroatoms. The van der Waals surface area contributed by atoms with Gasteiger partial charge in [-0.2, -0.15) is 0 Å². The fourth-order valence-corrected chi connectivity index (χ4v) is 2.79. The van der Waals surface area contributed by atoms with Crippen LogP contribution in [0.5, 0.6) is 5.75 Å². The van der Waals surface area contributed by atoms with E-state index in [0.29, 0.717) is 28.1 Å². The number of hydrogen-bond donors (Lipinski definition) is 1. The molecule has 2 N–H and O–H groups in total. The second kappa shape index (κ2) is 6.04. The van der Waals surface area contributed by atoms with E-state index in [1.165, 1.54) is 0 Å². The minimum absolute atomic E-state index is 0.350. The number of halogens is 3. The Balaban J connectivity index is 2.19. The predicted octanol–water partition coefficient (Wildman–Crippen LogP) is 5.23. The summed E-state index contributed by atoms with van der Waals surface area (Å²) in [6, 6.07) is 9.08. The molecule has 0 fully saturated rings. The van der Waals surface area contributed by atoms with Crippen LogP contribution in [-0.2, 0) is 6.61 Å². The standard InChI is InChI=1S/C14H12BrCl2NO/c1-8-4-10(15)5-13(18)14(8)19-7-9-2-3-11(16)6-12(9)17/h2-6H,7,18H2,1H3. The lowest BCUT2D eigenvalue weighted by Crippen LogP contribution is -2.01. The quantitative estimate of drug-likeness (QED) is 0.761. The van der Waals surface area contributed by atoms with Gasteiger partial charge in [-0.25, -0.2) is 0 Å². The van der Waals surface area contributed by atoms with Crippen molar-refractivity contribution in [3.63, 3.8) is 0 Å². The second-order valence-corrected chi connectivity index (χ2v) is 5.92. The molecule has 2 nitrogen and oxygen atoms in total. The van der Waals surface area contributed by atoms with Crippen LogP contribution in [-0.4, -0.2) is 0 Å². The van der Waals surface area contributed by atoms with Crippen molar-refractivity contribution in [3.05, 3.63) is 56.0 Å². The van der Waals surface area contributed by atoms with Gasteiger partial charge in [0.2, 0.25) is 0 Å². The summed E-state index contributed by atoms with van der Waals surface area (Å²) in [5.74, 6) is 0.675. The molecular formula is C14H12BrCl2NO. The van der Waals surface area contributed by atoms with E-state index in [9.17, 15) is 0 Å². The van der Waals surface area contributed by atoms with Gasteiger partial charge in [-0.15, -0.1) is 0 Å². The minimum atomic E-state index is 0.350. The Morgan fingerprint density at radius 2 is 1.95 bits per heavy atom. The molecule has 100 valence electrons. The lowest BCUT2D eigenvalue weighted by Gasteiger charge is -2.13. The van der Waals surface area contributed by atoms with Crippen molar-refractivity contribution in [2.24, 2.45) is 0 Å². The Morgan fingerprint density at radius 1 is 1.21 bits per heavy atom. The highest BCUT2D eigenvalue weighted by atomic mass is 79.9. The van der Waals surface area contributed by atoms with Gasteiger partial charge in [-0.05, 0) is 36.8 Å². The van der Waals surface area contributed by atoms with Crippen LogP contribution in [0, 0.1) is 6.92 Å². The van der Waals surface area contributed by atoms with Crippen LogP contribution in [0.15, 0.2) is 34.8 Å². The van der Waals surface area contributed by atoms with E-state index in [0.717, 1.165) is 15.6 Å². The maximum Gasteiger partial charge on any atom is 0.145 e. The molecule has 0 saturated carbocycles. The summed E-state index contributed by atoms with van der Waals surface area (Å²) < 4.78 is 6.69. The fourth-order valence-electron chi connectivity index (χ4n) is 1.74. The lowest BCUT2D eigenvalue weighted by molar-refractivity contribution is 0.306. The number of nitrogens with two attached hydrogens (primary N) is 1. The third-order valence-corrected chi connectivity index (χ3v) is 3.70. The first-order chi connectivity index (χ1) is 8.97. The number of anilines is 1. The van der Waals surface area contributed by atoms with Gasteiger partial charge in [-0.1, -0.05) is 45.2 Å². The van der Waals surface area contributed by atoms with Gasteiger partial charge in [0.25, 0.3) is 0 Å². The van der Waals surface area contributed by atoms with E-state index < -0.39 is 0 Å². The van der Waals surface area contributed by atoms with Crippen molar-refractivity contribution in [1.82, 2.24) is 0 Å². The van der Waals surface area contributed by atoms with Crippen LogP contribution in [0.25, 0.3) is 0 Å². The number of ether oxygens (including phenoxy) is 1. The molecule has 2 aromatic rings. The molecule has 0 aliphatic rings. The molecular weight excluding hydrogens is 349 g/mol. The Hall–Kier alpha value is -0.900. The van der Waals surface area contributed by atoms with Crippen molar-refractivity contribution >= 4 is 44.8 Å². The van der Waals surface area contributed by atoms with E-state index in [1.54, 1.807) is 12.1 Å². The van der Waals surface area contributed by atoms with E-state index in [1.807, 2.05) is 25.1 Å². The SMILES string of the molecule is Cc1cc(Br)cc(N)c1OCc1ccc(Cl)cc1Cl. The van der Waals surface area contributed by atoms with Crippen molar-refractivity contribution in [1.29, 1.82) is 0 Å². The average molecular weight is 361 g/mol. The summed E-state index contributed by atoms with van der Waals surface area (Å²) in [7, 11) is 0. The van der Waals surface area contributed by atoms with E-state index in [4.69, 9.17) is 33.7 Å². The number of hydrogen-bond acceptors (Lipinski definition) is 2. The van der Waals surface area contributed by atoms with E-state index >= 15 is 0 Å². The molecule has 0 aromatic heterocycles. The molecule has 0 spiro atoms. The molecule has 0 amide bonds. The summed E-state index contributed by atoms with van der Waals surface area (Å²) in [5, 5.41) is 1.19. The first-order valence-electron chi connectivity index (χ1n) is 5.59. The highest BCUT2D eigenvalue weighted by molar-refractivity contribution is 9.10. The first kappa shape index (κ1) is 14.5. The van der Waals surface area contributed by atoms with Gasteiger partial charge >= 0.3 is 0 Å². The Morgan fingerprint density at radius 3 is 2.58 bits per heavy atom. The zero-order chi connectivity index (χ0) is 14.0. The van der Waals surface area contributed by atoms with Crippen molar-refractivity contribution in [2.45, 2.75) is 13.5 Å². The summed E-state index contributed by atoms with van der Waals surface area (Å²) >= 11 is 15.3. The van der Waals surface area contributed by atoms with Crippen molar-refractivity contribution < 1.29 is 4.74 Å². The molecule has 0 atom stereocenters. The number of aryl methyl sites for hydroxylation is 1. The molecule has 0 bridgehead atoms. The zero-order valence-corrected chi connectivity index (χ0v) is 13.3. The molecule has 0 unspecified atom stereocenters. The molecule has 2 aromatic carbocycles. The number of benzene rings is 2. The minimum Gasteiger partial charge on any atom is -0.486 e. The maximum absolute atomic E-state index is 6.10. The second-order valence-electron chi connectivity index (χ2n) is 4.17. The van der Waals surface area contributed by atoms with Gasteiger partial charge in [0.15, 0.2) is 0 Å². The largest absolute Gasteiger partial charge is 0.486 e. The number of rotatable bonds is 3. The molecule has 0 saturated heterocycles. The van der Waals surface area contributed by atoms with E-state index in [-0.39, 0.29) is 0 Å². The van der Waals surface area contributed by atoms with Crippen LogP contribution in [0.4, 0.5) is 5.69 Å². The van der Waals surface area contributed by atoms with Gasteiger partial charge in [0, 0.05) is 20.1 Å². The fraction of sp³-hybridized carbons (Fsp3) is 0.143. The van der Waals surface area contributed by atoms with Gasteiger partial charge in [0.05, 0.1) is 5.69 Å². The monoisotopic (exact) mass is 359 g/mol. The van der Waals surface area contributed by atoms with Crippen molar-refractivity contribution in [3.8, 4) is 5.75 Å². The molecule has 19 heavy (non-hydrogen) atoms. The topological polar surface area (TPSA) is 35.2 Å². The van der Waals surface area contributed by atoms with Crippen LogP contribution >= 0.6 is 39.1 Å². The van der Waals surface area contributed by atoms with E-state index in [2.05, 4.69) is 15.9 Å². The summed E-state index contributed by atoms with van der Waals surface area (Å²) in [5.41, 5.74) is 8.37. The molecule has 0 radical (unpaired) electrons. The Kier molecular flexibility index (Phi) is 4.61. The van der Waals surface area contributed by atoms with Crippen LogP contribution in [0.2, 0.25) is 10.0 Å². The van der Waals surface area contributed by atoms with Gasteiger partial charge in [-0.3, -0.25) is 0 Å². The predicted molar refractivity (Wildman–Crippen MR) is 84.1 cm³/mol. The van der Waals surface area contributed by atoms with Crippen LogP contribution < -0.4 is 10.5 Å². The molecule has 0 aliphatic heterocycles. The van der Waals surface area contributed by atoms with Gasteiger partial charge < -0.3 is 10.5 Å². The maximum atomic E-state index is 6.10. The third-order valence-electron chi connectivity index (χ3n) is 2.66. The number of nitrogen functional groups attached to an aromatic ring is 1. The zero-order valence-electron chi connectivity index (χ0n) is 10.2. The van der Waals surface area contributed by atoms with Crippen LogP contribution in [0.1, 0.15) is 11.1 Å². The normalized spacial score (nSPS) is 10.5. The molecule has 2 rings (SSSR count). The highest BCUT2D eigenvalue weighted by Crippen LogP contribution is 2.31. The van der Waals surface area contributed by atoms with Gasteiger partial charge in [0.1, 0.15) is 12.4 Å². The highest BCUT2D eigenvalue weighted by Gasteiger charge is 2.08. The Labute approximate surface area is 130 Å². The smallest absolute Gasteiger partial charge is 0.145 e. The third kappa shape index (κ3) is 3.56. The Bertz CT molecular complexity index is 593. The summed E-state index contributed by atoms with van der Waals surface area (Å²) in [6.07, 6.45) is 0. The average Bonchev–Trinajstić information content (AvgIpc) is 2.30. The van der Waals surface area contributed by atoms with Crippen molar-refractivity contribution in [2.75, 3.05) is 5.73 Å². The molecule has 0 aliphatic carbocycles. The lowest BCUT2D eigenvalue weighted by atomic mass is 10.2. The summed E-state index contributed by atoms with van der Waals surface area (Å²) in [4.78, 5) is 0.